The summed E-state index contributed by atoms with van der Waals surface area (Å²) >= 11 is 1.44. The summed E-state index contributed by atoms with van der Waals surface area (Å²) in [6.45, 7) is 3.68. The second-order valence-corrected chi connectivity index (χ2v) is 5.83. The number of alkyl halides is 3. The number of hydrogen-bond acceptors (Lipinski definition) is 3. The second-order valence-electron chi connectivity index (χ2n) is 4.54. The lowest BCUT2D eigenvalue weighted by Gasteiger charge is -2.08. The Morgan fingerprint density at radius 1 is 1.24 bits per heavy atom. The van der Waals surface area contributed by atoms with E-state index in [0.717, 1.165) is 27.7 Å². The maximum Gasteiger partial charge on any atom is 0.416 e. The number of carbonyl (C=O) groups excluding carboxylic acids is 1. The van der Waals surface area contributed by atoms with Crippen molar-refractivity contribution in [1.82, 2.24) is 4.98 Å². The normalized spacial score (nSPS) is 11.5. The molecule has 1 aromatic carbocycles. The first-order valence-electron chi connectivity index (χ1n) is 6.16. The van der Waals surface area contributed by atoms with E-state index in [9.17, 15) is 18.0 Å². The lowest BCUT2D eigenvalue weighted by molar-refractivity contribution is -0.137. The zero-order chi connectivity index (χ0) is 15.6. The summed E-state index contributed by atoms with van der Waals surface area (Å²) in [7, 11) is 0. The van der Waals surface area contributed by atoms with Gasteiger partial charge in [0.25, 0.3) is 0 Å². The van der Waals surface area contributed by atoms with Crippen LogP contribution in [0.25, 0.3) is 0 Å². The van der Waals surface area contributed by atoms with Crippen LogP contribution in [-0.4, -0.2) is 10.9 Å². The third-order valence-electron chi connectivity index (χ3n) is 2.82. The van der Waals surface area contributed by atoms with E-state index in [1.54, 1.807) is 0 Å². The van der Waals surface area contributed by atoms with E-state index >= 15 is 0 Å². The Hall–Kier alpha value is -1.89. The molecule has 0 saturated carbocycles. The number of halogens is 3. The number of aryl methyl sites for hydroxylation is 2. The van der Waals surface area contributed by atoms with Crippen molar-refractivity contribution in [2.24, 2.45) is 0 Å². The highest BCUT2D eigenvalue weighted by atomic mass is 32.1. The Labute approximate surface area is 123 Å². The minimum absolute atomic E-state index is 0.165. The Morgan fingerprint density at radius 3 is 2.33 bits per heavy atom. The van der Waals surface area contributed by atoms with Crippen LogP contribution >= 0.6 is 11.3 Å². The summed E-state index contributed by atoms with van der Waals surface area (Å²) in [5, 5.41) is 3.46. The fraction of sp³-hybridized carbons (Fsp3) is 0.286. The molecule has 0 unspecified atom stereocenters. The number of aromatic nitrogens is 1. The number of nitrogens with zero attached hydrogens (tertiary/aromatic N) is 1. The van der Waals surface area contributed by atoms with Crippen LogP contribution in [0.4, 0.5) is 18.9 Å². The lowest BCUT2D eigenvalue weighted by Crippen LogP contribution is -2.14. The molecule has 0 aliphatic rings. The smallest absolute Gasteiger partial charge is 0.326 e. The summed E-state index contributed by atoms with van der Waals surface area (Å²) in [5.41, 5.74) is 0.404. The summed E-state index contributed by atoms with van der Waals surface area (Å²) in [5.74, 6) is -0.276. The first-order valence-corrected chi connectivity index (χ1v) is 6.97. The van der Waals surface area contributed by atoms with Gasteiger partial charge in [-0.15, -0.1) is 11.3 Å². The molecule has 0 bridgehead atoms. The molecule has 1 aromatic heterocycles. The SMILES string of the molecule is Cc1nc(C)c(CC(=O)Nc2ccc(C(F)(F)F)cc2)s1. The van der Waals surface area contributed by atoms with Crippen LogP contribution < -0.4 is 5.32 Å². The molecule has 21 heavy (non-hydrogen) atoms. The minimum Gasteiger partial charge on any atom is -0.326 e. The highest BCUT2D eigenvalue weighted by Gasteiger charge is 2.29. The maximum atomic E-state index is 12.4. The van der Waals surface area contributed by atoms with Gasteiger partial charge in [0.15, 0.2) is 0 Å². The highest BCUT2D eigenvalue weighted by molar-refractivity contribution is 7.11. The van der Waals surface area contributed by atoms with Gasteiger partial charge in [-0.2, -0.15) is 13.2 Å². The van der Waals surface area contributed by atoms with Gasteiger partial charge in [0.05, 0.1) is 22.7 Å². The highest BCUT2D eigenvalue weighted by Crippen LogP contribution is 2.29. The van der Waals surface area contributed by atoms with Gasteiger partial charge in [-0.3, -0.25) is 4.79 Å². The number of hydrogen-bond donors (Lipinski definition) is 1. The molecule has 2 aromatic rings. The largest absolute Gasteiger partial charge is 0.416 e. The number of thiazole rings is 1. The first-order chi connectivity index (χ1) is 9.75. The summed E-state index contributed by atoms with van der Waals surface area (Å²) in [6.07, 6.45) is -4.21. The van der Waals surface area contributed by atoms with Gasteiger partial charge < -0.3 is 5.32 Å². The van der Waals surface area contributed by atoms with Crippen molar-refractivity contribution in [3.63, 3.8) is 0 Å². The zero-order valence-electron chi connectivity index (χ0n) is 11.4. The molecular formula is C14H13F3N2OS. The van der Waals surface area contributed by atoms with Crippen LogP contribution in [-0.2, 0) is 17.4 Å². The Bertz CT molecular complexity index is 647. The molecule has 0 saturated heterocycles. The van der Waals surface area contributed by atoms with Crippen LogP contribution in [0.2, 0.25) is 0 Å². The Balaban J connectivity index is 2.01. The van der Waals surface area contributed by atoms with Crippen molar-refractivity contribution in [3.05, 3.63) is 45.4 Å². The number of rotatable bonds is 3. The lowest BCUT2D eigenvalue weighted by atomic mass is 10.2. The molecule has 0 aliphatic carbocycles. The fourth-order valence-corrected chi connectivity index (χ4v) is 2.77. The van der Waals surface area contributed by atoms with Gasteiger partial charge in [-0.25, -0.2) is 4.98 Å². The average Bonchev–Trinajstić information content (AvgIpc) is 2.67. The number of anilines is 1. The molecule has 0 atom stereocenters. The maximum absolute atomic E-state index is 12.4. The summed E-state index contributed by atoms with van der Waals surface area (Å²) in [6, 6.07) is 4.37. The van der Waals surface area contributed by atoms with Gasteiger partial charge >= 0.3 is 6.18 Å². The van der Waals surface area contributed by atoms with Gasteiger partial charge in [0, 0.05) is 10.6 Å². The van der Waals surface area contributed by atoms with E-state index in [2.05, 4.69) is 10.3 Å². The van der Waals surface area contributed by atoms with Crippen LogP contribution in [0.1, 0.15) is 21.1 Å². The zero-order valence-corrected chi connectivity index (χ0v) is 12.2. The van der Waals surface area contributed by atoms with E-state index in [4.69, 9.17) is 0 Å². The quantitative estimate of drug-likeness (QED) is 0.932. The summed E-state index contributed by atoms with van der Waals surface area (Å²) < 4.78 is 37.3. The van der Waals surface area contributed by atoms with Crippen LogP contribution in [0.5, 0.6) is 0 Å². The van der Waals surface area contributed by atoms with E-state index in [-0.39, 0.29) is 12.3 Å². The van der Waals surface area contributed by atoms with Crippen LogP contribution in [0.15, 0.2) is 24.3 Å². The summed E-state index contributed by atoms with van der Waals surface area (Å²) in [4.78, 5) is 17.0. The molecule has 0 aliphatic heterocycles. The molecule has 112 valence electrons. The number of nitrogens with one attached hydrogen (secondary N) is 1. The molecule has 0 spiro atoms. The van der Waals surface area contributed by atoms with Crippen LogP contribution in [0.3, 0.4) is 0 Å². The van der Waals surface area contributed by atoms with Crippen molar-refractivity contribution in [3.8, 4) is 0 Å². The van der Waals surface area contributed by atoms with E-state index < -0.39 is 11.7 Å². The van der Waals surface area contributed by atoms with E-state index in [0.29, 0.717) is 5.69 Å². The number of amides is 1. The van der Waals surface area contributed by atoms with Crippen molar-refractivity contribution >= 4 is 22.9 Å². The second kappa shape index (κ2) is 5.85. The molecule has 0 radical (unpaired) electrons. The third-order valence-corrected chi connectivity index (χ3v) is 3.89. The molecule has 1 amide bonds. The Kier molecular flexibility index (Phi) is 4.32. The van der Waals surface area contributed by atoms with E-state index in [1.165, 1.54) is 23.5 Å². The van der Waals surface area contributed by atoms with Gasteiger partial charge in [0.2, 0.25) is 5.91 Å². The topological polar surface area (TPSA) is 42.0 Å². The predicted octanol–water partition coefficient (Wildman–Crippen LogP) is 3.96. The van der Waals surface area contributed by atoms with Crippen molar-refractivity contribution < 1.29 is 18.0 Å². The monoisotopic (exact) mass is 314 g/mol. The molecule has 2 rings (SSSR count). The van der Waals surface area contributed by atoms with Crippen molar-refractivity contribution in [2.75, 3.05) is 5.32 Å². The minimum atomic E-state index is -4.38. The molecule has 0 fully saturated rings. The number of benzene rings is 1. The third kappa shape index (κ3) is 4.04. The Morgan fingerprint density at radius 2 is 1.86 bits per heavy atom. The van der Waals surface area contributed by atoms with Crippen molar-refractivity contribution in [1.29, 1.82) is 0 Å². The predicted molar refractivity (Wildman–Crippen MR) is 75.4 cm³/mol. The van der Waals surface area contributed by atoms with Crippen LogP contribution in [0, 0.1) is 13.8 Å². The van der Waals surface area contributed by atoms with Gasteiger partial charge in [0.1, 0.15) is 0 Å². The van der Waals surface area contributed by atoms with Crippen molar-refractivity contribution in [2.45, 2.75) is 26.4 Å². The molecular weight excluding hydrogens is 301 g/mol. The molecule has 7 heteroatoms. The molecule has 1 heterocycles. The number of carbonyl (C=O) groups is 1. The fourth-order valence-electron chi connectivity index (χ4n) is 1.83. The van der Waals surface area contributed by atoms with Gasteiger partial charge in [-0.05, 0) is 38.1 Å². The molecule has 1 N–H and O–H groups in total. The van der Waals surface area contributed by atoms with Gasteiger partial charge in [-0.1, -0.05) is 0 Å². The van der Waals surface area contributed by atoms with E-state index in [1.807, 2.05) is 13.8 Å². The average molecular weight is 314 g/mol. The standard InChI is InChI=1S/C14H13F3N2OS/c1-8-12(21-9(2)18-8)7-13(20)19-11-5-3-10(4-6-11)14(15,16)17/h3-6H,7H2,1-2H3,(H,19,20). The molecule has 3 nitrogen and oxygen atoms in total. The first kappa shape index (κ1) is 15.5.